The minimum atomic E-state index is -3.05. The largest absolute Gasteiger partial charge is 0.390 e. The summed E-state index contributed by atoms with van der Waals surface area (Å²) < 4.78 is 21.5. The summed E-state index contributed by atoms with van der Waals surface area (Å²) in [6.07, 6.45) is -0.852. The van der Waals surface area contributed by atoms with Gasteiger partial charge in [-0.3, -0.25) is 11.3 Å². The van der Waals surface area contributed by atoms with E-state index < -0.39 is 22.0 Å². The minimum Gasteiger partial charge on any atom is -0.390 e. The van der Waals surface area contributed by atoms with Crippen LogP contribution in [-0.2, 0) is 9.84 Å². The number of nitrogens with one attached hydrogen (secondary N) is 1. The summed E-state index contributed by atoms with van der Waals surface area (Å²) >= 11 is 0. The third-order valence-electron chi connectivity index (χ3n) is 1.54. The summed E-state index contributed by atoms with van der Waals surface area (Å²) in [5.41, 5.74) is 2.24. The zero-order valence-corrected chi connectivity index (χ0v) is 7.36. The van der Waals surface area contributed by atoms with Gasteiger partial charge >= 0.3 is 0 Å². The van der Waals surface area contributed by atoms with Crippen LogP contribution in [0.2, 0.25) is 0 Å². The molecule has 1 saturated heterocycles. The number of hydrazine groups is 1. The van der Waals surface area contributed by atoms with Crippen LogP contribution in [0.4, 0.5) is 0 Å². The molecule has 1 fully saturated rings. The van der Waals surface area contributed by atoms with Crippen LogP contribution in [0.1, 0.15) is 0 Å². The van der Waals surface area contributed by atoms with Gasteiger partial charge in [-0.25, -0.2) is 8.42 Å². The lowest BCUT2D eigenvalue weighted by atomic mass is 10.2. The van der Waals surface area contributed by atoms with Crippen LogP contribution in [0.25, 0.3) is 0 Å². The Morgan fingerprint density at radius 3 is 2.18 bits per heavy atom. The Hall–Kier alpha value is 0.120. The molecule has 7 heteroatoms. The van der Waals surface area contributed by atoms with Crippen LogP contribution in [-0.4, -0.2) is 37.2 Å². The van der Waals surface area contributed by atoms with Gasteiger partial charge < -0.3 is 5.11 Å². The Morgan fingerprint density at radius 1 is 1.45 bits per heavy atom. The molecule has 0 aromatic heterocycles. The van der Waals surface area contributed by atoms with E-state index in [0.29, 0.717) is 0 Å². The van der Waals surface area contributed by atoms with E-state index in [1.54, 1.807) is 0 Å². The van der Waals surface area contributed by atoms with Gasteiger partial charge in [-0.1, -0.05) is 0 Å². The topological polar surface area (TPSA) is 92.4 Å². The van der Waals surface area contributed by atoms with Gasteiger partial charge in [0.05, 0.1) is 23.7 Å². The van der Waals surface area contributed by atoms with E-state index in [0.717, 1.165) is 0 Å². The van der Waals surface area contributed by atoms with E-state index in [4.69, 9.17) is 10.9 Å². The number of hydrogen-bond acceptors (Lipinski definition) is 5. The number of hydrogen-bond donors (Lipinski definition) is 3. The molecule has 2 atom stereocenters. The lowest BCUT2D eigenvalue weighted by Crippen LogP contribution is -2.43. The molecule has 68 valence electrons. The molecule has 0 saturated carbocycles. The van der Waals surface area contributed by atoms with E-state index in [9.17, 15) is 8.42 Å². The predicted molar refractivity (Wildman–Crippen MR) is 43.0 cm³/mol. The summed E-state index contributed by atoms with van der Waals surface area (Å²) in [5, 5.41) is 9.00. The van der Waals surface area contributed by atoms with E-state index in [-0.39, 0.29) is 23.9 Å². The number of aliphatic hydroxyl groups is 1. The van der Waals surface area contributed by atoms with Gasteiger partial charge in [0.1, 0.15) is 0 Å². The Labute approximate surface area is 71.3 Å². The van der Waals surface area contributed by atoms with Gasteiger partial charge in [-0.2, -0.15) is 0 Å². The highest BCUT2D eigenvalue weighted by Crippen LogP contribution is 2.10. The molecule has 0 radical (unpaired) electrons. The zero-order valence-electron chi connectivity index (χ0n) is 5.73. The molecule has 4 N–H and O–H groups in total. The second-order valence-electron chi connectivity index (χ2n) is 2.42. The number of rotatable bonds is 1. The van der Waals surface area contributed by atoms with Crippen molar-refractivity contribution >= 4 is 22.2 Å². The molecular weight excluding hydrogens is 192 g/mol. The number of halogens is 1. The second-order valence-corrected chi connectivity index (χ2v) is 4.57. The lowest BCUT2D eigenvalue weighted by Gasteiger charge is -2.08. The van der Waals surface area contributed by atoms with Crippen molar-refractivity contribution < 1.29 is 13.5 Å². The van der Waals surface area contributed by atoms with Crippen molar-refractivity contribution in [2.45, 2.75) is 12.1 Å². The standard InChI is InChI=1S/C4H10N2O3S.ClH/c5-6-3-1-10(8,9)2-4(3)7;/h3-4,6-7H,1-2,5H2;1H. The van der Waals surface area contributed by atoms with E-state index in [1.807, 2.05) is 0 Å². The first kappa shape index (κ1) is 11.1. The minimum absolute atomic E-state index is 0. The second kappa shape index (κ2) is 3.68. The van der Waals surface area contributed by atoms with Gasteiger partial charge in [-0.15, -0.1) is 12.4 Å². The van der Waals surface area contributed by atoms with Crippen molar-refractivity contribution in [1.29, 1.82) is 0 Å². The number of aliphatic hydroxyl groups excluding tert-OH is 1. The first-order chi connectivity index (χ1) is 4.55. The average molecular weight is 203 g/mol. The van der Waals surface area contributed by atoms with E-state index in [2.05, 4.69) is 5.43 Å². The van der Waals surface area contributed by atoms with Crippen molar-refractivity contribution in [2.24, 2.45) is 5.84 Å². The molecule has 1 heterocycles. The van der Waals surface area contributed by atoms with Crippen LogP contribution >= 0.6 is 12.4 Å². The lowest BCUT2D eigenvalue weighted by molar-refractivity contribution is 0.166. The Bertz CT molecular complexity index is 217. The third kappa shape index (κ3) is 2.57. The highest BCUT2D eigenvalue weighted by Gasteiger charge is 2.35. The Kier molecular flexibility index (Phi) is 3.72. The fourth-order valence-electron chi connectivity index (χ4n) is 0.988. The zero-order chi connectivity index (χ0) is 7.78. The maximum absolute atomic E-state index is 10.8. The fraction of sp³-hybridized carbons (Fsp3) is 1.00. The summed E-state index contributed by atoms with van der Waals surface area (Å²) in [4.78, 5) is 0. The van der Waals surface area contributed by atoms with Crippen LogP contribution in [0.15, 0.2) is 0 Å². The SMILES string of the molecule is Cl.NNC1CS(=O)(=O)CC1O. The normalized spacial score (nSPS) is 34.7. The van der Waals surface area contributed by atoms with Crippen molar-refractivity contribution in [1.82, 2.24) is 5.43 Å². The third-order valence-corrected chi connectivity index (χ3v) is 3.25. The summed E-state index contributed by atoms with van der Waals surface area (Å²) in [5.74, 6) is 4.73. The van der Waals surface area contributed by atoms with Gasteiger partial charge in [0.15, 0.2) is 9.84 Å². The van der Waals surface area contributed by atoms with Crippen molar-refractivity contribution in [3.8, 4) is 0 Å². The van der Waals surface area contributed by atoms with Gasteiger partial charge in [0, 0.05) is 0 Å². The number of sulfone groups is 1. The van der Waals surface area contributed by atoms with E-state index in [1.165, 1.54) is 0 Å². The van der Waals surface area contributed by atoms with Gasteiger partial charge in [-0.05, 0) is 0 Å². The molecule has 0 aromatic rings. The Balaban J connectivity index is 0.000001000. The Morgan fingerprint density at radius 2 is 2.00 bits per heavy atom. The molecule has 11 heavy (non-hydrogen) atoms. The quantitative estimate of drug-likeness (QED) is 0.339. The maximum atomic E-state index is 10.8. The molecule has 1 aliphatic rings. The van der Waals surface area contributed by atoms with Crippen LogP contribution < -0.4 is 11.3 Å². The molecule has 0 bridgehead atoms. The van der Waals surface area contributed by atoms with Crippen molar-refractivity contribution in [3.63, 3.8) is 0 Å². The molecule has 1 rings (SSSR count). The van der Waals surface area contributed by atoms with Gasteiger partial charge in [0.2, 0.25) is 0 Å². The molecule has 0 amide bonds. The first-order valence-electron chi connectivity index (χ1n) is 2.90. The average Bonchev–Trinajstić information content (AvgIpc) is 2.05. The summed E-state index contributed by atoms with van der Waals surface area (Å²) in [6.45, 7) is 0. The van der Waals surface area contributed by atoms with Crippen molar-refractivity contribution in [2.75, 3.05) is 11.5 Å². The monoisotopic (exact) mass is 202 g/mol. The predicted octanol–water partition coefficient (Wildman–Crippen LogP) is -1.97. The molecule has 1 aliphatic heterocycles. The molecule has 0 aliphatic carbocycles. The van der Waals surface area contributed by atoms with Crippen LogP contribution in [0, 0.1) is 0 Å². The molecule has 0 spiro atoms. The molecule has 2 unspecified atom stereocenters. The van der Waals surface area contributed by atoms with Crippen molar-refractivity contribution in [3.05, 3.63) is 0 Å². The molecular formula is C4H11ClN2O3S. The fourth-order valence-corrected chi connectivity index (χ4v) is 2.74. The van der Waals surface area contributed by atoms with Crippen LogP contribution in [0.3, 0.4) is 0 Å². The summed E-state index contributed by atoms with van der Waals surface area (Å²) in [7, 11) is -3.05. The summed E-state index contributed by atoms with van der Waals surface area (Å²) in [6, 6.07) is -0.495. The van der Waals surface area contributed by atoms with Gasteiger partial charge in [0.25, 0.3) is 0 Å². The van der Waals surface area contributed by atoms with Crippen LogP contribution in [0.5, 0.6) is 0 Å². The molecule has 5 nitrogen and oxygen atoms in total. The maximum Gasteiger partial charge on any atom is 0.154 e. The smallest absolute Gasteiger partial charge is 0.154 e. The van der Waals surface area contributed by atoms with E-state index >= 15 is 0 Å². The molecule has 0 aromatic carbocycles. The highest BCUT2D eigenvalue weighted by molar-refractivity contribution is 7.91. The highest BCUT2D eigenvalue weighted by atomic mass is 35.5. The number of nitrogens with two attached hydrogens (primary N) is 1. The first-order valence-corrected chi connectivity index (χ1v) is 4.72.